The molecule has 0 amide bonds. The molecule has 3 aromatic rings. The highest BCUT2D eigenvalue weighted by molar-refractivity contribution is 5.90. The van der Waals surface area contributed by atoms with Crippen LogP contribution in [0.25, 0.3) is 22.1 Å². The normalized spacial score (nSPS) is 10.8. The van der Waals surface area contributed by atoms with Crippen LogP contribution in [0.2, 0.25) is 0 Å². The van der Waals surface area contributed by atoms with E-state index in [9.17, 15) is 19.7 Å². The molecule has 25 heavy (non-hydrogen) atoms. The van der Waals surface area contributed by atoms with Gasteiger partial charge in [0.1, 0.15) is 11.5 Å². The Morgan fingerprint density at radius 3 is 2.48 bits per heavy atom. The number of hydrogen-bond donors (Lipinski definition) is 0. The summed E-state index contributed by atoms with van der Waals surface area (Å²) in [6.45, 7) is 1.49. The number of nitro groups is 1. The number of carbonyl (C=O) groups is 1. The third-order valence-corrected chi connectivity index (χ3v) is 3.99. The monoisotopic (exact) mass is 337 g/mol. The molecule has 0 bridgehead atoms. The van der Waals surface area contributed by atoms with Crippen molar-refractivity contribution >= 4 is 22.2 Å². The Kier molecular flexibility index (Phi) is 4.43. The van der Waals surface area contributed by atoms with E-state index in [1.165, 1.54) is 19.1 Å². The number of rotatable bonds is 5. The van der Waals surface area contributed by atoms with Gasteiger partial charge in [-0.05, 0) is 24.8 Å². The third-order valence-electron chi connectivity index (χ3n) is 3.99. The van der Waals surface area contributed by atoms with Gasteiger partial charge in [-0.25, -0.2) is 4.79 Å². The maximum atomic E-state index is 12.4. The molecular formula is C19H15NO5. The van der Waals surface area contributed by atoms with Gasteiger partial charge in [0.25, 0.3) is 5.69 Å². The van der Waals surface area contributed by atoms with Crippen molar-refractivity contribution in [2.24, 2.45) is 0 Å². The van der Waals surface area contributed by atoms with Crippen LogP contribution in [0, 0.1) is 10.1 Å². The molecule has 3 rings (SSSR count). The molecule has 0 aliphatic heterocycles. The first-order chi connectivity index (χ1) is 12.0. The third kappa shape index (κ3) is 3.33. The van der Waals surface area contributed by atoms with Crippen molar-refractivity contribution in [1.82, 2.24) is 0 Å². The number of carbonyl (C=O) groups excluding carboxylic acids is 1. The summed E-state index contributed by atoms with van der Waals surface area (Å²) < 4.78 is 5.49. The zero-order valence-electron chi connectivity index (χ0n) is 13.5. The minimum atomic E-state index is -0.635. The topological polar surface area (TPSA) is 90.4 Å². The van der Waals surface area contributed by atoms with Gasteiger partial charge in [0.15, 0.2) is 0 Å². The molecule has 1 aromatic heterocycles. The first kappa shape index (κ1) is 16.6. The van der Waals surface area contributed by atoms with Gasteiger partial charge in [0.05, 0.1) is 10.3 Å². The van der Waals surface area contributed by atoms with Gasteiger partial charge in [-0.3, -0.25) is 10.1 Å². The van der Waals surface area contributed by atoms with Crippen molar-refractivity contribution in [3.8, 4) is 11.3 Å². The van der Waals surface area contributed by atoms with Crippen LogP contribution >= 0.6 is 0 Å². The Morgan fingerprint density at radius 2 is 1.84 bits per heavy atom. The summed E-state index contributed by atoms with van der Waals surface area (Å²) >= 11 is 0. The number of non-ortho nitro benzene ring substituents is 1. The van der Waals surface area contributed by atoms with Gasteiger partial charge in [-0.2, -0.15) is 0 Å². The number of nitro benzene ring substituents is 1. The van der Waals surface area contributed by atoms with Crippen LogP contribution in [-0.2, 0) is 11.2 Å². The van der Waals surface area contributed by atoms with E-state index in [-0.39, 0.29) is 16.9 Å². The maximum absolute atomic E-state index is 12.4. The fourth-order valence-electron chi connectivity index (χ4n) is 2.78. The molecule has 0 aliphatic rings. The molecule has 0 saturated heterocycles. The SMILES string of the molecule is CC(=O)CCc1c(-c2ccccc2)oc(=O)c2cc([N+](=O)[O-])ccc12. The van der Waals surface area contributed by atoms with Crippen LogP contribution in [0.3, 0.4) is 0 Å². The molecule has 0 saturated carbocycles. The second-order valence-corrected chi connectivity index (χ2v) is 5.75. The average Bonchev–Trinajstić information content (AvgIpc) is 2.61. The Balaban J connectivity index is 2.30. The van der Waals surface area contributed by atoms with Crippen LogP contribution in [0.15, 0.2) is 57.7 Å². The second kappa shape index (κ2) is 6.68. The van der Waals surface area contributed by atoms with E-state index in [1.807, 2.05) is 30.3 Å². The van der Waals surface area contributed by atoms with Crippen molar-refractivity contribution in [2.45, 2.75) is 19.8 Å². The van der Waals surface area contributed by atoms with Gasteiger partial charge >= 0.3 is 5.63 Å². The van der Waals surface area contributed by atoms with Gasteiger partial charge in [0, 0.05) is 29.7 Å². The number of nitrogens with zero attached hydrogens (tertiary/aromatic N) is 1. The molecule has 6 nitrogen and oxygen atoms in total. The predicted molar refractivity (Wildman–Crippen MR) is 93.6 cm³/mol. The second-order valence-electron chi connectivity index (χ2n) is 5.75. The highest BCUT2D eigenvalue weighted by Crippen LogP contribution is 2.31. The van der Waals surface area contributed by atoms with Crippen LogP contribution in [0.5, 0.6) is 0 Å². The fourth-order valence-corrected chi connectivity index (χ4v) is 2.78. The molecule has 126 valence electrons. The van der Waals surface area contributed by atoms with Crippen LogP contribution in [0.4, 0.5) is 5.69 Å². The van der Waals surface area contributed by atoms with Crippen molar-refractivity contribution in [2.75, 3.05) is 0 Å². The Hall–Kier alpha value is -3.28. The van der Waals surface area contributed by atoms with Crippen LogP contribution in [0.1, 0.15) is 18.9 Å². The molecular weight excluding hydrogens is 322 g/mol. The number of hydrogen-bond acceptors (Lipinski definition) is 5. The maximum Gasteiger partial charge on any atom is 0.344 e. The largest absolute Gasteiger partial charge is 0.422 e. The van der Waals surface area contributed by atoms with Gasteiger partial charge in [-0.1, -0.05) is 30.3 Å². The van der Waals surface area contributed by atoms with Gasteiger partial charge in [0.2, 0.25) is 0 Å². The molecule has 0 fully saturated rings. The van der Waals surface area contributed by atoms with E-state index in [2.05, 4.69) is 0 Å². The average molecular weight is 337 g/mol. The lowest BCUT2D eigenvalue weighted by Gasteiger charge is -2.11. The molecule has 0 N–H and O–H groups in total. The molecule has 1 heterocycles. The molecule has 6 heteroatoms. The Morgan fingerprint density at radius 1 is 1.12 bits per heavy atom. The first-order valence-electron chi connectivity index (χ1n) is 7.76. The van der Waals surface area contributed by atoms with Gasteiger partial charge in [-0.15, -0.1) is 0 Å². The number of fused-ring (bicyclic) bond motifs is 1. The van der Waals surface area contributed by atoms with E-state index in [4.69, 9.17) is 4.42 Å². The van der Waals surface area contributed by atoms with Crippen LogP contribution < -0.4 is 5.63 Å². The molecule has 0 radical (unpaired) electrons. The van der Waals surface area contributed by atoms with Gasteiger partial charge < -0.3 is 9.21 Å². The Bertz CT molecular complexity index is 1020. The summed E-state index contributed by atoms with van der Waals surface area (Å²) in [6, 6.07) is 13.2. The summed E-state index contributed by atoms with van der Waals surface area (Å²) in [5.41, 5.74) is 0.609. The van der Waals surface area contributed by atoms with E-state index in [1.54, 1.807) is 6.07 Å². The lowest BCUT2D eigenvalue weighted by molar-refractivity contribution is -0.384. The quantitative estimate of drug-likeness (QED) is 0.520. The zero-order valence-corrected chi connectivity index (χ0v) is 13.5. The van der Waals surface area contributed by atoms with Crippen molar-refractivity contribution in [3.63, 3.8) is 0 Å². The van der Waals surface area contributed by atoms with Crippen molar-refractivity contribution in [3.05, 3.63) is 74.6 Å². The minimum Gasteiger partial charge on any atom is -0.422 e. The smallest absolute Gasteiger partial charge is 0.344 e. The number of Topliss-reactive ketones (excluding diaryl/α,β-unsaturated/α-hetero) is 1. The summed E-state index contributed by atoms with van der Waals surface area (Å²) in [5, 5.41) is 11.7. The lowest BCUT2D eigenvalue weighted by atomic mass is 9.97. The van der Waals surface area contributed by atoms with E-state index >= 15 is 0 Å². The number of benzene rings is 2. The highest BCUT2D eigenvalue weighted by atomic mass is 16.6. The number of aryl methyl sites for hydroxylation is 1. The van der Waals surface area contributed by atoms with Crippen LogP contribution in [-0.4, -0.2) is 10.7 Å². The summed E-state index contributed by atoms with van der Waals surface area (Å²) in [4.78, 5) is 34.2. The fraction of sp³-hybridized carbons (Fsp3) is 0.158. The lowest BCUT2D eigenvalue weighted by Crippen LogP contribution is -2.07. The molecule has 2 aromatic carbocycles. The highest BCUT2D eigenvalue weighted by Gasteiger charge is 2.18. The predicted octanol–water partition coefficient (Wildman–Crippen LogP) is 3.89. The van der Waals surface area contributed by atoms with E-state index < -0.39 is 10.5 Å². The molecule has 0 unspecified atom stereocenters. The Labute approximate surface area is 142 Å². The molecule has 0 spiro atoms. The first-order valence-corrected chi connectivity index (χ1v) is 7.76. The summed E-state index contributed by atoms with van der Waals surface area (Å²) in [6.07, 6.45) is 0.678. The minimum absolute atomic E-state index is 0.0141. The molecule has 0 aliphatic carbocycles. The standard InChI is InChI=1S/C19H15NO5/c1-12(21)7-9-16-15-10-8-14(20(23)24)11-17(15)19(22)25-18(16)13-5-3-2-4-6-13/h2-6,8,10-11H,7,9H2,1H3. The van der Waals surface area contributed by atoms with E-state index in [0.29, 0.717) is 29.6 Å². The molecule has 0 atom stereocenters. The van der Waals surface area contributed by atoms with Crippen molar-refractivity contribution < 1.29 is 14.1 Å². The summed E-state index contributed by atoms with van der Waals surface area (Å²) in [7, 11) is 0. The number of ketones is 1. The van der Waals surface area contributed by atoms with Crippen molar-refractivity contribution in [1.29, 1.82) is 0 Å². The summed E-state index contributed by atoms with van der Waals surface area (Å²) in [5.74, 6) is 0.411. The van der Waals surface area contributed by atoms with E-state index in [0.717, 1.165) is 5.56 Å². The zero-order chi connectivity index (χ0) is 18.0.